The molecule has 1 aliphatic rings. The number of hydrogen-bond acceptors (Lipinski definition) is 2. The predicted molar refractivity (Wildman–Crippen MR) is 89.3 cm³/mol. The standard InChI is InChI=1S/C19H34O2/c1-3-5-6-7-8-10-14-17(13-4-2)19(20)21-18-15-11-9-12-16-18/h6-7,17-18H,3-5,8-16H2,1-2H3. The van der Waals surface area contributed by atoms with Gasteiger partial charge in [0.25, 0.3) is 0 Å². The molecule has 0 aromatic rings. The monoisotopic (exact) mass is 294 g/mol. The van der Waals surface area contributed by atoms with Crippen molar-refractivity contribution in [1.82, 2.24) is 0 Å². The molecular formula is C19H34O2. The third kappa shape index (κ3) is 8.28. The molecule has 1 atom stereocenters. The van der Waals surface area contributed by atoms with Crippen LogP contribution in [0.5, 0.6) is 0 Å². The van der Waals surface area contributed by atoms with E-state index in [0.717, 1.165) is 44.9 Å². The minimum absolute atomic E-state index is 0.0706. The van der Waals surface area contributed by atoms with Crippen LogP contribution in [0.1, 0.15) is 90.9 Å². The number of carbonyl (C=O) groups is 1. The molecule has 122 valence electrons. The van der Waals surface area contributed by atoms with Gasteiger partial charge in [-0.3, -0.25) is 4.79 Å². The summed E-state index contributed by atoms with van der Waals surface area (Å²) in [6.45, 7) is 4.35. The summed E-state index contributed by atoms with van der Waals surface area (Å²) in [5, 5.41) is 0. The molecule has 0 N–H and O–H groups in total. The van der Waals surface area contributed by atoms with Crippen LogP contribution in [0, 0.1) is 5.92 Å². The zero-order chi connectivity index (χ0) is 15.3. The third-order valence-electron chi connectivity index (χ3n) is 4.35. The second-order valence-electron chi connectivity index (χ2n) is 6.37. The maximum Gasteiger partial charge on any atom is 0.309 e. The normalized spacial score (nSPS) is 18.0. The summed E-state index contributed by atoms with van der Waals surface area (Å²) < 4.78 is 5.74. The lowest BCUT2D eigenvalue weighted by Gasteiger charge is -2.24. The molecule has 0 bridgehead atoms. The summed E-state index contributed by atoms with van der Waals surface area (Å²) in [6, 6.07) is 0. The second kappa shape index (κ2) is 11.8. The molecular weight excluding hydrogens is 260 g/mol. The molecule has 1 rings (SSSR count). The van der Waals surface area contributed by atoms with Crippen LogP contribution in [0.25, 0.3) is 0 Å². The van der Waals surface area contributed by atoms with Crippen molar-refractivity contribution in [2.75, 3.05) is 0 Å². The number of carbonyl (C=O) groups excluding carboxylic acids is 1. The number of rotatable bonds is 10. The van der Waals surface area contributed by atoms with Crippen LogP contribution in [-0.4, -0.2) is 12.1 Å². The van der Waals surface area contributed by atoms with E-state index in [9.17, 15) is 4.79 Å². The van der Waals surface area contributed by atoms with E-state index in [4.69, 9.17) is 4.74 Å². The summed E-state index contributed by atoms with van der Waals surface area (Å²) in [4.78, 5) is 12.3. The molecule has 1 unspecified atom stereocenters. The van der Waals surface area contributed by atoms with Gasteiger partial charge < -0.3 is 4.74 Å². The molecule has 0 aromatic heterocycles. The molecule has 0 saturated heterocycles. The Morgan fingerprint density at radius 1 is 1.05 bits per heavy atom. The van der Waals surface area contributed by atoms with Crippen molar-refractivity contribution in [3.05, 3.63) is 12.2 Å². The van der Waals surface area contributed by atoms with Gasteiger partial charge in [-0.1, -0.05) is 45.3 Å². The van der Waals surface area contributed by atoms with Crippen molar-refractivity contribution >= 4 is 5.97 Å². The average molecular weight is 294 g/mol. The van der Waals surface area contributed by atoms with Gasteiger partial charge in [-0.15, -0.1) is 0 Å². The molecule has 0 aliphatic heterocycles. The zero-order valence-electron chi connectivity index (χ0n) is 14.1. The summed E-state index contributed by atoms with van der Waals surface area (Å²) in [6.07, 6.45) is 18.2. The largest absolute Gasteiger partial charge is 0.462 e. The minimum Gasteiger partial charge on any atom is -0.462 e. The van der Waals surface area contributed by atoms with Gasteiger partial charge in [0.1, 0.15) is 6.10 Å². The summed E-state index contributed by atoms with van der Waals surface area (Å²) in [5.74, 6) is 0.192. The molecule has 0 heterocycles. The first kappa shape index (κ1) is 18.3. The van der Waals surface area contributed by atoms with E-state index >= 15 is 0 Å². The Morgan fingerprint density at radius 2 is 1.76 bits per heavy atom. The van der Waals surface area contributed by atoms with Gasteiger partial charge in [-0.2, -0.15) is 0 Å². The molecule has 1 aliphatic carbocycles. The van der Waals surface area contributed by atoms with Crippen molar-refractivity contribution in [2.45, 2.75) is 97.0 Å². The second-order valence-corrected chi connectivity index (χ2v) is 6.37. The van der Waals surface area contributed by atoms with Crippen molar-refractivity contribution in [2.24, 2.45) is 5.92 Å². The van der Waals surface area contributed by atoms with E-state index < -0.39 is 0 Å². The highest BCUT2D eigenvalue weighted by Crippen LogP contribution is 2.24. The smallest absolute Gasteiger partial charge is 0.309 e. The molecule has 2 heteroatoms. The van der Waals surface area contributed by atoms with Gasteiger partial charge in [0.2, 0.25) is 0 Å². The average Bonchev–Trinajstić information content (AvgIpc) is 2.50. The molecule has 0 spiro atoms. The van der Waals surface area contributed by atoms with E-state index in [1.165, 1.54) is 32.1 Å². The Balaban J connectivity index is 2.27. The predicted octanol–water partition coefficient (Wildman–Crippen LogP) is 5.81. The fourth-order valence-corrected chi connectivity index (χ4v) is 3.06. The summed E-state index contributed by atoms with van der Waals surface area (Å²) in [5.41, 5.74) is 0. The number of allylic oxidation sites excluding steroid dienone is 2. The number of unbranched alkanes of at least 4 members (excludes halogenated alkanes) is 2. The maximum absolute atomic E-state index is 12.3. The van der Waals surface area contributed by atoms with E-state index in [1.54, 1.807) is 0 Å². The van der Waals surface area contributed by atoms with Crippen LogP contribution in [0.2, 0.25) is 0 Å². The molecule has 1 fully saturated rings. The topological polar surface area (TPSA) is 26.3 Å². The lowest BCUT2D eigenvalue weighted by molar-refractivity contribution is -0.156. The summed E-state index contributed by atoms with van der Waals surface area (Å²) >= 11 is 0. The molecule has 21 heavy (non-hydrogen) atoms. The Morgan fingerprint density at radius 3 is 2.43 bits per heavy atom. The lowest BCUT2D eigenvalue weighted by Crippen LogP contribution is -2.26. The van der Waals surface area contributed by atoms with Crippen LogP contribution in [0.3, 0.4) is 0 Å². The van der Waals surface area contributed by atoms with Crippen LogP contribution in [-0.2, 0) is 9.53 Å². The zero-order valence-corrected chi connectivity index (χ0v) is 14.1. The van der Waals surface area contributed by atoms with Gasteiger partial charge in [0.05, 0.1) is 5.92 Å². The summed E-state index contributed by atoms with van der Waals surface area (Å²) in [7, 11) is 0. The number of hydrogen-bond donors (Lipinski definition) is 0. The van der Waals surface area contributed by atoms with E-state index in [1.807, 2.05) is 0 Å². The molecule has 0 radical (unpaired) electrons. The van der Waals surface area contributed by atoms with Crippen molar-refractivity contribution in [3.63, 3.8) is 0 Å². The Bertz CT molecular complexity index is 290. The van der Waals surface area contributed by atoms with Crippen LogP contribution in [0.4, 0.5) is 0 Å². The first-order valence-electron chi connectivity index (χ1n) is 9.13. The Hall–Kier alpha value is -0.790. The molecule has 0 aromatic carbocycles. The number of esters is 1. The Kier molecular flexibility index (Phi) is 10.3. The first-order chi connectivity index (χ1) is 10.3. The molecule has 0 amide bonds. The molecule has 1 saturated carbocycles. The van der Waals surface area contributed by atoms with Crippen molar-refractivity contribution < 1.29 is 9.53 Å². The molecule has 2 nitrogen and oxygen atoms in total. The first-order valence-corrected chi connectivity index (χ1v) is 9.13. The van der Waals surface area contributed by atoms with Crippen LogP contribution in [0.15, 0.2) is 12.2 Å². The lowest BCUT2D eigenvalue weighted by atomic mass is 9.95. The Labute approximate surface area is 131 Å². The van der Waals surface area contributed by atoms with E-state index in [2.05, 4.69) is 26.0 Å². The van der Waals surface area contributed by atoms with Gasteiger partial charge in [0, 0.05) is 0 Å². The fraction of sp³-hybridized carbons (Fsp3) is 0.842. The maximum atomic E-state index is 12.3. The SMILES string of the molecule is CCCC=CCCCC(CCC)C(=O)OC1CCCCC1. The van der Waals surface area contributed by atoms with Crippen LogP contribution >= 0.6 is 0 Å². The highest BCUT2D eigenvalue weighted by atomic mass is 16.5. The van der Waals surface area contributed by atoms with Crippen molar-refractivity contribution in [3.8, 4) is 0 Å². The fourth-order valence-electron chi connectivity index (χ4n) is 3.06. The van der Waals surface area contributed by atoms with E-state index in [-0.39, 0.29) is 18.0 Å². The van der Waals surface area contributed by atoms with Gasteiger partial charge in [-0.25, -0.2) is 0 Å². The minimum atomic E-state index is 0.0706. The van der Waals surface area contributed by atoms with Gasteiger partial charge >= 0.3 is 5.97 Å². The third-order valence-corrected chi connectivity index (χ3v) is 4.35. The van der Waals surface area contributed by atoms with Crippen LogP contribution < -0.4 is 0 Å². The van der Waals surface area contributed by atoms with Gasteiger partial charge in [0.15, 0.2) is 0 Å². The van der Waals surface area contributed by atoms with Gasteiger partial charge in [-0.05, 0) is 57.8 Å². The number of ether oxygens (including phenoxy) is 1. The van der Waals surface area contributed by atoms with E-state index in [0.29, 0.717) is 0 Å². The quantitative estimate of drug-likeness (QED) is 0.289. The van der Waals surface area contributed by atoms with Crippen molar-refractivity contribution in [1.29, 1.82) is 0 Å². The highest BCUT2D eigenvalue weighted by molar-refractivity contribution is 5.72. The highest BCUT2D eigenvalue weighted by Gasteiger charge is 2.23.